The highest BCUT2D eigenvalue weighted by Crippen LogP contribution is 2.32. The zero-order chi connectivity index (χ0) is 34.4. The van der Waals surface area contributed by atoms with Crippen molar-refractivity contribution in [3.8, 4) is 16.9 Å². The lowest BCUT2D eigenvalue weighted by atomic mass is 9.97. The number of carbonyl (C=O) groups is 1. The number of hydrogen-bond donors (Lipinski definition) is 0. The van der Waals surface area contributed by atoms with E-state index in [0.717, 1.165) is 52.9 Å². The fraction of sp³-hybridized carbons (Fsp3) is 0.205. The van der Waals surface area contributed by atoms with Crippen LogP contribution in [0.5, 0.6) is 5.75 Å². The molecule has 1 unspecified atom stereocenters. The maximum atomic E-state index is 15.1. The van der Waals surface area contributed by atoms with Gasteiger partial charge >= 0.3 is 0 Å². The summed E-state index contributed by atoms with van der Waals surface area (Å²) in [5.41, 5.74) is 2.78. The molecule has 1 aliphatic heterocycles. The van der Waals surface area contributed by atoms with E-state index in [1.165, 1.54) is 24.3 Å². The van der Waals surface area contributed by atoms with Crippen molar-refractivity contribution in [2.24, 2.45) is 0 Å². The van der Waals surface area contributed by atoms with Gasteiger partial charge in [0.1, 0.15) is 17.4 Å². The van der Waals surface area contributed by atoms with Gasteiger partial charge in [-0.25, -0.2) is 17.2 Å². The summed E-state index contributed by atoms with van der Waals surface area (Å²) in [6.45, 7) is 0.586. The van der Waals surface area contributed by atoms with Crippen LogP contribution in [0.4, 0.5) is 14.5 Å². The van der Waals surface area contributed by atoms with E-state index in [-0.39, 0.29) is 30.0 Å². The number of halogens is 3. The van der Waals surface area contributed by atoms with Gasteiger partial charge < -0.3 is 9.64 Å². The van der Waals surface area contributed by atoms with E-state index < -0.39 is 27.3 Å². The lowest BCUT2D eigenvalue weighted by molar-refractivity contribution is 0.0580. The minimum atomic E-state index is -4.36. The van der Waals surface area contributed by atoms with Crippen LogP contribution in [0.2, 0.25) is 5.02 Å². The highest BCUT2D eigenvalue weighted by Gasteiger charge is 2.30. The van der Waals surface area contributed by atoms with Gasteiger partial charge in [0, 0.05) is 41.2 Å². The number of rotatable bonds is 11. The second-order valence-electron chi connectivity index (χ2n) is 11.9. The standard InChI is InChI=1S/C39H35ClF2N2O4S/c40-32-17-20-35(21-18-32)49(46,47)44(37-26-33(41)19-22-36(37)42)27-31-10-4-5-12-38(31)48-25-23-34-11-6-7-24-43(34)39(45)30-15-13-29(14-16-30)28-8-2-1-3-9-28/h1-5,8-10,12-22,26,34H,6-7,11,23-25,27H2. The number of ether oxygens (including phenoxy) is 1. The molecule has 0 saturated carbocycles. The first-order valence-electron chi connectivity index (χ1n) is 16.1. The van der Waals surface area contributed by atoms with E-state index in [1.54, 1.807) is 24.3 Å². The van der Waals surface area contributed by atoms with Crippen LogP contribution in [0, 0.1) is 11.6 Å². The molecule has 0 aliphatic carbocycles. The molecule has 5 aromatic carbocycles. The van der Waals surface area contributed by atoms with Crippen molar-refractivity contribution in [1.29, 1.82) is 0 Å². The van der Waals surface area contributed by atoms with Crippen molar-refractivity contribution in [3.05, 3.63) is 149 Å². The van der Waals surface area contributed by atoms with Gasteiger partial charge in [0.15, 0.2) is 0 Å². The number of para-hydroxylation sites is 1. The average molecular weight is 701 g/mol. The number of amides is 1. The summed E-state index contributed by atoms with van der Waals surface area (Å²) in [7, 11) is -4.36. The molecule has 49 heavy (non-hydrogen) atoms. The van der Waals surface area contributed by atoms with E-state index >= 15 is 4.39 Å². The molecule has 1 heterocycles. The van der Waals surface area contributed by atoms with E-state index in [9.17, 15) is 17.6 Å². The molecule has 1 atom stereocenters. The monoisotopic (exact) mass is 700 g/mol. The molecule has 5 aromatic rings. The molecule has 0 spiro atoms. The lowest BCUT2D eigenvalue weighted by Gasteiger charge is -2.36. The van der Waals surface area contributed by atoms with Crippen LogP contribution in [0.3, 0.4) is 0 Å². The summed E-state index contributed by atoms with van der Waals surface area (Å²) < 4.78 is 64.2. The van der Waals surface area contributed by atoms with E-state index in [2.05, 4.69) is 0 Å². The number of piperidine rings is 1. The minimum Gasteiger partial charge on any atom is -0.493 e. The summed E-state index contributed by atoms with van der Waals surface area (Å²) >= 11 is 5.99. The van der Waals surface area contributed by atoms with E-state index in [0.29, 0.717) is 34.9 Å². The Hall–Kier alpha value is -4.73. The molecule has 252 valence electrons. The number of sulfonamides is 1. The molecular weight excluding hydrogens is 666 g/mol. The number of hydrogen-bond acceptors (Lipinski definition) is 4. The van der Waals surface area contributed by atoms with Gasteiger partial charge in [-0.3, -0.25) is 9.10 Å². The van der Waals surface area contributed by atoms with Crippen molar-refractivity contribution < 1.29 is 26.7 Å². The van der Waals surface area contributed by atoms with Gasteiger partial charge in [-0.15, -0.1) is 0 Å². The SMILES string of the molecule is O=C(c1ccc(-c2ccccc2)cc1)N1CCCCC1CCOc1ccccc1CN(c1cc(F)ccc1F)S(=O)(=O)c1ccc(Cl)cc1. The Kier molecular flexibility index (Phi) is 10.6. The summed E-state index contributed by atoms with van der Waals surface area (Å²) in [6, 6.07) is 32.7. The van der Waals surface area contributed by atoms with Crippen LogP contribution in [-0.2, 0) is 16.6 Å². The molecule has 1 fully saturated rings. The number of likely N-dealkylation sites (tertiary alicyclic amines) is 1. The Bertz CT molecular complexity index is 2010. The van der Waals surface area contributed by atoms with Crippen molar-refractivity contribution in [3.63, 3.8) is 0 Å². The zero-order valence-electron chi connectivity index (χ0n) is 26.6. The normalized spacial score (nSPS) is 14.8. The zero-order valence-corrected chi connectivity index (χ0v) is 28.2. The second kappa shape index (κ2) is 15.2. The lowest BCUT2D eigenvalue weighted by Crippen LogP contribution is -2.44. The molecule has 1 amide bonds. The summed E-state index contributed by atoms with van der Waals surface area (Å²) in [6.07, 6.45) is 3.32. The first kappa shape index (κ1) is 34.1. The van der Waals surface area contributed by atoms with Gasteiger partial charge in [0.2, 0.25) is 0 Å². The highest BCUT2D eigenvalue weighted by atomic mass is 35.5. The Balaban J connectivity index is 1.18. The van der Waals surface area contributed by atoms with Gasteiger partial charge in [-0.2, -0.15) is 0 Å². The first-order valence-corrected chi connectivity index (χ1v) is 17.9. The molecule has 1 aliphatic rings. The summed E-state index contributed by atoms with van der Waals surface area (Å²) in [4.78, 5) is 15.4. The number of anilines is 1. The molecule has 10 heteroatoms. The van der Waals surface area contributed by atoms with E-state index in [1.807, 2.05) is 59.5 Å². The van der Waals surface area contributed by atoms with Gasteiger partial charge in [0.05, 0.1) is 23.7 Å². The highest BCUT2D eigenvalue weighted by molar-refractivity contribution is 7.92. The first-order chi connectivity index (χ1) is 23.7. The smallest absolute Gasteiger partial charge is 0.264 e. The third kappa shape index (κ3) is 7.95. The van der Waals surface area contributed by atoms with Crippen molar-refractivity contribution >= 4 is 33.2 Å². The fourth-order valence-electron chi connectivity index (χ4n) is 6.12. The van der Waals surface area contributed by atoms with E-state index in [4.69, 9.17) is 16.3 Å². The third-order valence-corrected chi connectivity index (χ3v) is 10.7. The van der Waals surface area contributed by atoms with Crippen molar-refractivity contribution in [2.75, 3.05) is 17.5 Å². The molecule has 0 aromatic heterocycles. The second-order valence-corrected chi connectivity index (χ2v) is 14.2. The topological polar surface area (TPSA) is 66.9 Å². The van der Waals surface area contributed by atoms with Crippen LogP contribution < -0.4 is 9.04 Å². The Morgan fingerprint density at radius 3 is 2.29 bits per heavy atom. The Morgan fingerprint density at radius 1 is 0.837 bits per heavy atom. The van der Waals surface area contributed by atoms with Crippen molar-refractivity contribution in [1.82, 2.24) is 4.90 Å². The Labute approximate surface area is 290 Å². The minimum absolute atomic E-state index is 0.0233. The Morgan fingerprint density at radius 2 is 1.53 bits per heavy atom. The molecule has 0 radical (unpaired) electrons. The maximum Gasteiger partial charge on any atom is 0.264 e. The number of nitrogens with zero attached hydrogens (tertiary/aromatic N) is 2. The molecule has 1 saturated heterocycles. The van der Waals surface area contributed by atoms with Gasteiger partial charge in [-0.1, -0.05) is 72.3 Å². The number of benzene rings is 5. The molecule has 0 N–H and O–H groups in total. The quantitative estimate of drug-likeness (QED) is 0.138. The summed E-state index contributed by atoms with van der Waals surface area (Å²) in [5, 5.41) is 0.334. The molecule has 6 nitrogen and oxygen atoms in total. The fourth-order valence-corrected chi connectivity index (χ4v) is 7.68. The number of carbonyl (C=O) groups excluding carboxylic acids is 1. The predicted octanol–water partition coefficient (Wildman–Crippen LogP) is 9.14. The largest absolute Gasteiger partial charge is 0.493 e. The third-order valence-electron chi connectivity index (χ3n) is 8.70. The van der Waals surface area contributed by atoms with Gasteiger partial charge in [0.25, 0.3) is 15.9 Å². The predicted molar refractivity (Wildman–Crippen MR) is 188 cm³/mol. The molecule has 6 rings (SSSR count). The molecular formula is C39H35ClF2N2O4S. The van der Waals surface area contributed by atoms with Crippen LogP contribution in [0.25, 0.3) is 11.1 Å². The van der Waals surface area contributed by atoms with Crippen LogP contribution in [0.15, 0.2) is 126 Å². The van der Waals surface area contributed by atoms with Crippen LogP contribution in [0.1, 0.15) is 41.6 Å². The van der Waals surface area contributed by atoms with Crippen LogP contribution >= 0.6 is 11.6 Å². The maximum absolute atomic E-state index is 15.1. The van der Waals surface area contributed by atoms with Crippen LogP contribution in [-0.4, -0.2) is 38.4 Å². The summed E-state index contributed by atoms with van der Waals surface area (Å²) in [5.74, 6) is -1.30. The van der Waals surface area contributed by atoms with Crippen molar-refractivity contribution in [2.45, 2.75) is 43.2 Å². The van der Waals surface area contributed by atoms with Gasteiger partial charge in [-0.05, 0) is 85.0 Å². The molecule has 0 bridgehead atoms. The average Bonchev–Trinajstić information content (AvgIpc) is 3.13.